The number of benzene rings is 4. The van der Waals surface area contributed by atoms with Crippen LogP contribution in [0.25, 0.3) is 0 Å². The zero-order valence-corrected chi connectivity index (χ0v) is 58.2. The molecule has 0 aromatic heterocycles. The van der Waals surface area contributed by atoms with Crippen LogP contribution in [-0.2, 0) is 9.47 Å². The van der Waals surface area contributed by atoms with Crippen LogP contribution in [0.2, 0.25) is 0 Å². The summed E-state index contributed by atoms with van der Waals surface area (Å²) in [7, 11) is 3.67. The quantitative estimate of drug-likeness (QED) is 0.0249. The van der Waals surface area contributed by atoms with Crippen molar-refractivity contribution in [1.82, 2.24) is 9.15 Å². The molecule has 0 spiro atoms. The zero-order valence-electron chi connectivity index (χ0n) is 58.2. The highest BCUT2D eigenvalue weighted by Crippen LogP contribution is 2.34. The minimum Gasteiger partial charge on any atom is -0.490 e. The van der Waals surface area contributed by atoms with Crippen LogP contribution < -0.4 is 28.8 Å². The van der Waals surface area contributed by atoms with Gasteiger partial charge < -0.3 is 29.1 Å². The molecule has 488 valence electrons. The first kappa shape index (κ1) is 73.2. The average Bonchev–Trinajstić information content (AvgIpc) is 3.53. The van der Waals surface area contributed by atoms with Crippen molar-refractivity contribution in [2.75, 3.05) is 86.2 Å². The second-order valence-corrected chi connectivity index (χ2v) is 25.4. The number of nitrogens with zero attached hydrogens (tertiary/aromatic N) is 6. The van der Waals surface area contributed by atoms with E-state index in [2.05, 4.69) is 193 Å². The lowest BCUT2D eigenvalue weighted by atomic mass is 10.0. The summed E-state index contributed by atoms with van der Waals surface area (Å²) in [4.78, 5) is 10.6. The molecule has 0 aliphatic heterocycles. The Labute approximate surface area is 540 Å². The van der Waals surface area contributed by atoms with Gasteiger partial charge in [-0.05, 0) is 99.9 Å². The number of methoxy groups -OCH3 is 2. The van der Waals surface area contributed by atoms with Gasteiger partial charge in [-0.2, -0.15) is 9.15 Å². The van der Waals surface area contributed by atoms with Gasteiger partial charge in [-0.1, -0.05) is 209 Å². The van der Waals surface area contributed by atoms with Gasteiger partial charge in [0.25, 0.3) is 11.4 Å². The topological polar surface area (TPSA) is 37.4 Å². The molecule has 0 atom stereocenters. The van der Waals surface area contributed by atoms with E-state index in [-0.39, 0.29) is 0 Å². The van der Waals surface area contributed by atoms with E-state index < -0.39 is 0 Å². The van der Waals surface area contributed by atoms with Crippen LogP contribution in [0, 0.1) is 0 Å². The molecule has 0 radical (unpaired) electrons. The Kier molecular flexibility index (Phi) is 37.3. The molecular weight excluding hydrogens is 1080 g/mol. The third kappa shape index (κ3) is 25.1. The molecule has 0 unspecified atom stereocenters. The largest absolute Gasteiger partial charge is 0.490 e. The SMILES string of the molecule is CCCCCCN(CCCCCC)c1ccc([N+](=C2C=C(OC)C(=[N+](c3ccc(N(CCCCCC)CCCCCC)cc3)c3ccc(N(CCCCCC)CCCCCC)cc3)C=C2OC)c2ccc(N(CCCCCC)CCCCCC)cc2)cc1. The van der Waals surface area contributed by atoms with Crippen LogP contribution in [-0.4, -0.2) is 78.0 Å². The van der Waals surface area contributed by atoms with E-state index in [4.69, 9.17) is 9.47 Å². The second kappa shape index (κ2) is 44.9. The third-order valence-corrected chi connectivity index (χ3v) is 18.1. The van der Waals surface area contributed by atoms with E-state index in [1.165, 1.54) is 228 Å². The molecule has 0 fully saturated rings. The van der Waals surface area contributed by atoms with Crippen molar-refractivity contribution in [3.05, 3.63) is 121 Å². The van der Waals surface area contributed by atoms with E-state index >= 15 is 0 Å². The lowest BCUT2D eigenvalue weighted by Crippen LogP contribution is -2.29. The Balaban J connectivity index is 1.74. The van der Waals surface area contributed by atoms with Gasteiger partial charge in [0, 0.05) is 124 Å². The van der Waals surface area contributed by atoms with Crippen molar-refractivity contribution in [1.29, 1.82) is 0 Å². The summed E-state index contributed by atoms with van der Waals surface area (Å²) in [5, 5.41) is 0. The number of hydrogen-bond donors (Lipinski definition) is 0. The average molecular weight is 1210 g/mol. The normalized spacial score (nSPS) is 12.3. The fraction of sp³-hybridized carbons (Fsp3) is 0.625. The van der Waals surface area contributed by atoms with Crippen molar-refractivity contribution in [2.24, 2.45) is 0 Å². The molecule has 4 aromatic carbocycles. The minimum absolute atomic E-state index is 0.778. The number of hydrogen-bond acceptors (Lipinski definition) is 6. The molecule has 0 saturated carbocycles. The Morgan fingerprint density at radius 2 is 0.409 bits per heavy atom. The van der Waals surface area contributed by atoms with Gasteiger partial charge in [-0.25, -0.2) is 0 Å². The van der Waals surface area contributed by atoms with Crippen LogP contribution >= 0.6 is 0 Å². The van der Waals surface area contributed by atoms with Crippen LogP contribution in [0.1, 0.15) is 261 Å². The van der Waals surface area contributed by atoms with Gasteiger partial charge in [0.1, 0.15) is 0 Å². The van der Waals surface area contributed by atoms with Crippen molar-refractivity contribution >= 4 is 56.9 Å². The lowest BCUT2D eigenvalue weighted by Gasteiger charge is -2.26. The van der Waals surface area contributed by atoms with Gasteiger partial charge in [-0.3, -0.25) is 0 Å². The molecule has 1 aliphatic rings. The maximum atomic E-state index is 6.68. The lowest BCUT2D eigenvalue weighted by molar-refractivity contribution is 0.304. The monoisotopic (exact) mass is 1210 g/mol. The van der Waals surface area contributed by atoms with Crippen molar-refractivity contribution in [3.63, 3.8) is 0 Å². The van der Waals surface area contributed by atoms with E-state index in [1.54, 1.807) is 0 Å². The Bertz CT molecular complexity index is 2190. The first-order chi connectivity index (χ1) is 43.3. The van der Waals surface area contributed by atoms with Gasteiger partial charge in [0.05, 0.1) is 26.4 Å². The standard InChI is InChI=1S/C80H128N6O2/c1-11-19-27-35-59-81(60-36-28-20-12-2)69-43-51-73(52-44-69)85(74-53-45-70(46-54-74)82(61-37-29-21-13-3)62-38-30-22-14-4)77-67-80(88-10)78(68-79(77)87-9)86(75-55-47-71(48-56-75)83(63-39-31-23-15-5)64-40-32-24-16-6)76-57-49-72(50-58-76)84(65-41-33-25-17-7)66-42-34-26-18-8/h43-58,67-68H,11-42,59-66H2,1-10H3/q+2. The molecule has 0 amide bonds. The highest BCUT2D eigenvalue weighted by molar-refractivity contribution is 6.24. The Morgan fingerprint density at radius 1 is 0.239 bits per heavy atom. The predicted molar refractivity (Wildman–Crippen MR) is 391 cm³/mol. The molecule has 5 rings (SSSR count). The maximum Gasteiger partial charge on any atom is 0.258 e. The predicted octanol–water partition coefficient (Wildman–Crippen LogP) is 22.9. The van der Waals surface area contributed by atoms with E-state index in [0.29, 0.717) is 0 Å². The number of ether oxygens (including phenoxy) is 2. The first-order valence-corrected chi connectivity index (χ1v) is 36.6. The van der Waals surface area contributed by atoms with E-state index in [9.17, 15) is 0 Å². The highest BCUT2D eigenvalue weighted by Gasteiger charge is 2.35. The fourth-order valence-electron chi connectivity index (χ4n) is 12.6. The van der Waals surface area contributed by atoms with Crippen molar-refractivity contribution < 1.29 is 9.47 Å². The first-order valence-electron chi connectivity index (χ1n) is 36.6. The molecule has 8 nitrogen and oxygen atoms in total. The fourth-order valence-corrected chi connectivity index (χ4v) is 12.6. The molecule has 1 aliphatic carbocycles. The Morgan fingerprint density at radius 3 is 0.557 bits per heavy atom. The summed E-state index contributed by atoms with van der Waals surface area (Å²) in [6.07, 6.45) is 44.8. The van der Waals surface area contributed by atoms with Crippen molar-refractivity contribution in [3.8, 4) is 0 Å². The number of anilines is 4. The summed E-state index contributed by atoms with van der Waals surface area (Å²) in [6.45, 7) is 27.2. The summed E-state index contributed by atoms with van der Waals surface area (Å²) in [5.41, 5.74) is 11.4. The van der Waals surface area contributed by atoms with Crippen LogP contribution in [0.3, 0.4) is 0 Å². The van der Waals surface area contributed by atoms with Crippen LogP contribution in [0.4, 0.5) is 45.5 Å². The molecule has 0 bridgehead atoms. The molecule has 8 heteroatoms. The number of rotatable bonds is 50. The third-order valence-electron chi connectivity index (χ3n) is 18.1. The summed E-state index contributed by atoms with van der Waals surface area (Å²) < 4.78 is 18.2. The van der Waals surface area contributed by atoms with Gasteiger partial charge >= 0.3 is 0 Å². The van der Waals surface area contributed by atoms with Crippen molar-refractivity contribution in [2.45, 2.75) is 261 Å². The van der Waals surface area contributed by atoms with Gasteiger partial charge in [0.2, 0.25) is 22.7 Å². The van der Waals surface area contributed by atoms with Crippen LogP contribution in [0.5, 0.6) is 0 Å². The minimum atomic E-state index is 0.778. The summed E-state index contributed by atoms with van der Waals surface area (Å²) >= 11 is 0. The zero-order chi connectivity index (χ0) is 62.8. The van der Waals surface area contributed by atoms with Gasteiger partial charge in [0.15, 0.2) is 11.5 Å². The highest BCUT2D eigenvalue weighted by atomic mass is 16.5. The maximum absolute atomic E-state index is 6.68. The summed E-state index contributed by atoms with van der Waals surface area (Å²) in [5.74, 6) is 1.56. The number of allylic oxidation sites excluding steroid dienone is 2. The van der Waals surface area contributed by atoms with Crippen LogP contribution in [0.15, 0.2) is 121 Å². The molecular formula is C80H128N6O2+2. The van der Waals surface area contributed by atoms with E-state index in [1.807, 2.05) is 14.2 Å². The summed E-state index contributed by atoms with van der Waals surface area (Å²) in [6, 6.07) is 37.7. The smallest absolute Gasteiger partial charge is 0.258 e. The molecule has 0 heterocycles. The molecule has 0 saturated heterocycles. The number of unbranched alkanes of at least 4 members (excludes halogenated alkanes) is 24. The van der Waals surface area contributed by atoms with E-state index in [0.717, 1.165) is 98.0 Å². The molecule has 4 aromatic rings. The second-order valence-electron chi connectivity index (χ2n) is 25.4. The Hall–Kier alpha value is -5.50. The molecule has 88 heavy (non-hydrogen) atoms. The molecule has 0 N–H and O–H groups in total. The van der Waals surface area contributed by atoms with Gasteiger partial charge in [-0.15, -0.1) is 0 Å².